The van der Waals surface area contributed by atoms with Crippen molar-refractivity contribution >= 4 is 17.3 Å². The number of aryl methyl sites for hydroxylation is 4. The second-order valence-corrected chi connectivity index (χ2v) is 6.85. The molecular formula is C22H23N3O. The molecule has 0 radical (unpaired) electrons. The summed E-state index contributed by atoms with van der Waals surface area (Å²) in [4.78, 5) is 11.8. The molecule has 0 atom stereocenters. The Morgan fingerprint density at radius 2 is 1.46 bits per heavy atom. The lowest BCUT2D eigenvalue weighted by Gasteiger charge is -2.30. The molecule has 0 saturated heterocycles. The van der Waals surface area contributed by atoms with E-state index < -0.39 is 0 Å². The predicted molar refractivity (Wildman–Crippen MR) is 105 cm³/mol. The van der Waals surface area contributed by atoms with Crippen LogP contribution in [0, 0.1) is 13.8 Å². The van der Waals surface area contributed by atoms with Gasteiger partial charge in [0, 0.05) is 12.4 Å². The van der Waals surface area contributed by atoms with Crippen LogP contribution < -0.4 is 9.64 Å². The fourth-order valence-corrected chi connectivity index (χ4v) is 3.63. The normalized spacial score (nSPS) is 13.4. The summed E-state index contributed by atoms with van der Waals surface area (Å²) >= 11 is 0. The first-order valence-corrected chi connectivity index (χ1v) is 9.01. The Hall–Kier alpha value is -2.88. The lowest BCUT2D eigenvalue weighted by Crippen LogP contribution is -2.20. The van der Waals surface area contributed by atoms with Crippen molar-refractivity contribution in [1.82, 2.24) is 9.97 Å². The van der Waals surface area contributed by atoms with Crippen molar-refractivity contribution in [2.75, 3.05) is 12.0 Å². The molecule has 2 aromatic heterocycles. The summed E-state index contributed by atoms with van der Waals surface area (Å²) in [6.45, 7) is 4.18. The number of hydrogen-bond donors (Lipinski definition) is 0. The van der Waals surface area contributed by atoms with Crippen LogP contribution in [0.25, 0.3) is 0 Å². The second-order valence-electron chi connectivity index (χ2n) is 6.85. The van der Waals surface area contributed by atoms with Gasteiger partial charge in [-0.3, -0.25) is 4.90 Å². The summed E-state index contributed by atoms with van der Waals surface area (Å²) in [6.07, 6.45) is 6.95. The smallest absolute Gasteiger partial charge is 0.142 e. The van der Waals surface area contributed by atoms with Crippen molar-refractivity contribution in [1.29, 1.82) is 0 Å². The van der Waals surface area contributed by atoms with E-state index in [1.54, 1.807) is 7.11 Å². The molecule has 1 aliphatic rings. The minimum absolute atomic E-state index is 0.815. The Morgan fingerprint density at radius 1 is 0.885 bits per heavy atom. The highest BCUT2D eigenvalue weighted by atomic mass is 16.5. The molecule has 0 amide bonds. The fraction of sp³-hybridized carbons (Fsp3) is 0.273. The van der Waals surface area contributed by atoms with Gasteiger partial charge in [0.25, 0.3) is 0 Å². The molecule has 0 spiro atoms. The van der Waals surface area contributed by atoms with E-state index in [1.165, 1.54) is 22.3 Å². The third kappa shape index (κ3) is 2.92. The van der Waals surface area contributed by atoms with Crippen LogP contribution in [0.5, 0.6) is 5.75 Å². The largest absolute Gasteiger partial charge is 0.495 e. The second kappa shape index (κ2) is 6.79. The van der Waals surface area contributed by atoms with E-state index in [1.807, 2.05) is 30.6 Å². The Kier molecular flexibility index (Phi) is 4.33. The van der Waals surface area contributed by atoms with Crippen LogP contribution in [0.15, 0.2) is 48.8 Å². The maximum Gasteiger partial charge on any atom is 0.142 e. The Morgan fingerprint density at radius 3 is 2.04 bits per heavy atom. The molecule has 0 unspecified atom stereocenters. The number of para-hydroxylation sites is 2. The Labute approximate surface area is 154 Å². The molecule has 0 bridgehead atoms. The van der Waals surface area contributed by atoms with Gasteiger partial charge in [-0.05, 0) is 67.5 Å². The summed E-state index contributed by atoms with van der Waals surface area (Å²) in [5.41, 5.74) is 5.84. The van der Waals surface area contributed by atoms with Crippen molar-refractivity contribution in [3.05, 3.63) is 71.0 Å². The van der Waals surface area contributed by atoms with Crippen molar-refractivity contribution in [3.8, 4) is 5.75 Å². The number of rotatable bonds is 2. The molecule has 1 aliphatic heterocycles. The predicted octanol–water partition coefficient (Wildman–Crippen LogP) is 5.06. The maximum absolute atomic E-state index is 5.65. The van der Waals surface area contributed by atoms with E-state index in [9.17, 15) is 0 Å². The van der Waals surface area contributed by atoms with Gasteiger partial charge in [-0.1, -0.05) is 24.3 Å². The summed E-state index contributed by atoms with van der Waals surface area (Å²) in [7, 11) is 1.70. The quantitative estimate of drug-likeness (QED) is 0.651. The molecule has 0 N–H and O–H groups in total. The van der Waals surface area contributed by atoms with E-state index in [0.29, 0.717) is 0 Å². The highest BCUT2D eigenvalue weighted by molar-refractivity contribution is 5.80. The number of anilines is 3. The highest BCUT2D eigenvalue weighted by Crippen LogP contribution is 2.42. The summed E-state index contributed by atoms with van der Waals surface area (Å²) in [5, 5.41) is 0. The Bertz CT molecular complexity index is 898. The lowest BCUT2D eigenvalue weighted by molar-refractivity contribution is 0.416. The zero-order valence-corrected chi connectivity index (χ0v) is 15.5. The van der Waals surface area contributed by atoms with Crippen LogP contribution in [-0.2, 0) is 12.8 Å². The van der Waals surface area contributed by atoms with Gasteiger partial charge in [0.05, 0.1) is 12.8 Å². The number of pyridine rings is 2. The number of hydrogen-bond acceptors (Lipinski definition) is 4. The van der Waals surface area contributed by atoms with Crippen molar-refractivity contribution < 1.29 is 4.74 Å². The van der Waals surface area contributed by atoms with E-state index in [2.05, 4.69) is 36.9 Å². The molecule has 1 aromatic carbocycles. The van der Waals surface area contributed by atoms with Crippen molar-refractivity contribution in [2.45, 2.75) is 33.1 Å². The zero-order chi connectivity index (χ0) is 18.1. The molecule has 4 rings (SSSR count). The van der Waals surface area contributed by atoms with Gasteiger partial charge in [0.1, 0.15) is 17.4 Å². The van der Waals surface area contributed by atoms with Crippen LogP contribution in [0.4, 0.5) is 17.3 Å². The van der Waals surface area contributed by atoms with Crippen LogP contribution in [-0.4, -0.2) is 17.1 Å². The molecule has 3 aromatic rings. The highest BCUT2D eigenvalue weighted by Gasteiger charge is 2.25. The van der Waals surface area contributed by atoms with Gasteiger partial charge >= 0.3 is 0 Å². The number of fused-ring (bicyclic) bond motifs is 2. The number of benzene rings is 1. The van der Waals surface area contributed by atoms with E-state index in [4.69, 9.17) is 14.7 Å². The average molecular weight is 345 g/mol. The topological polar surface area (TPSA) is 38.2 Å². The van der Waals surface area contributed by atoms with Gasteiger partial charge in [-0.15, -0.1) is 0 Å². The summed E-state index contributed by atoms with van der Waals surface area (Å²) in [5.74, 6) is 2.70. The molecule has 0 aliphatic carbocycles. The van der Waals surface area contributed by atoms with Crippen LogP contribution >= 0.6 is 0 Å². The number of nitrogens with zero attached hydrogens (tertiary/aromatic N) is 3. The number of methoxy groups -OCH3 is 1. The van der Waals surface area contributed by atoms with Crippen LogP contribution in [0.1, 0.15) is 28.7 Å². The first kappa shape index (κ1) is 16.6. The minimum atomic E-state index is 0.815. The first-order chi connectivity index (χ1) is 12.7. The van der Waals surface area contributed by atoms with E-state index in [-0.39, 0.29) is 0 Å². The first-order valence-electron chi connectivity index (χ1n) is 9.01. The van der Waals surface area contributed by atoms with Gasteiger partial charge in [-0.2, -0.15) is 0 Å². The molecule has 0 fully saturated rings. The molecular weight excluding hydrogens is 322 g/mol. The SMILES string of the molecule is COc1ccccc1N1c2ncc(C)cc2CCCc2cc(C)cnc21. The number of aromatic nitrogens is 2. The standard InChI is InChI=1S/C22H23N3O/c1-15-11-17-7-6-8-18-12-16(2)14-24-22(18)25(21(17)23-13-15)19-9-4-5-10-20(19)26-3/h4-5,9-14H,6-8H2,1-3H3. The summed E-state index contributed by atoms with van der Waals surface area (Å²) < 4.78 is 5.65. The lowest BCUT2D eigenvalue weighted by atomic mass is 9.99. The van der Waals surface area contributed by atoms with Gasteiger partial charge < -0.3 is 4.74 Å². The molecule has 26 heavy (non-hydrogen) atoms. The molecule has 0 saturated carbocycles. The maximum atomic E-state index is 5.65. The van der Waals surface area contributed by atoms with Crippen LogP contribution in [0.3, 0.4) is 0 Å². The van der Waals surface area contributed by atoms with Gasteiger partial charge in [0.15, 0.2) is 0 Å². The summed E-state index contributed by atoms with van der Waals surface area (Å²) in [6, 6.07) is 12.5. The Balaban J connectivity index is 2.01. The molecule has 3 heterocycles. The van der Waals surface area contributed by atoms with Gasteiger partial charge in [-0.25, -0.2) is 9.97 Å². The zero-order valence-electron chi connectivity index (χ0n) is 15.5. The third-order valence-corrected chi connectivity index (χ3v) is 4.80. The van der Waals surface area contributed by atoms with E-state index in [0.717, 1.165) is 42.3 Å². The number of ether oxygens (including phenoxy) is 1. The monoisotopic (exact) mass is 345 g/mol. The van der Waals surface area contributed by atoms with Gasteiger partial charge in [0.2, 0.25) is 0 Å². The van der Waals surface area contributed by atoms with Crippen molar-refractivity contribution in [3.63, 3.8) is 0 Å². The molecule has 132 valence electrons. The molecule has 4 heteroatoms. The van der Waals surface area contributed by atoms with E-state index >= 15 is 0 Å². The van der Waals surface area contributed by atoms with Crippen LogP contribution in [0.2, 0.25) is 0 Å². The minimum Gasteiger partial charge on any atom is -0.495 e. The average Bonchev–Trinajstić information content (AvgIpc) is 2.64. The third-order valence-electron chi connectivity index (χ3n) is 4.80. The molecule has 4 nitrogen and oxygen atoms in total. The van der Waals surface area contributed by atoms with Crippen molar-refractivity contribution in [2.24, 2.45) is 0 Å². The fourth-order valence-electron chi connectivity index (χ4n) is 3.63.